The summed E-state index contributed by atoms with van der Waals surface area (Å²) < 4.78 is 92.2. The first kappa shape index (κ1) is 36.1. The van der Waals surface area contributed by atoms with Crippen LogP contribution < -0.4 is 9.64 Å². The lowest BCUT2D eigenvalue weighted by Crippen LogP contribution is -2.43. The molecular weight excluding hydrogens is 688 g/mol. The van der Waals surface area contributed by atoms with Crippen molar-refractivity contribution in [3.8, 4) is 5.75 Å². The molecule has 268 valence electrons. The van der Waals surface area contributed by atoms with Crippen molar-refractivity contribution in [1.82, 2.24) is 4.31 Å². The average Bonchev–Trinajstić information content (AvgIpc) is 4.02. The number of sulfonamides is 1. The molecule has 2 aliphatic rings. The first-order chi connectivity index (χ1) is 24.3. The Hall–Kier alpha value is -4.75. The Morgan fingerprint density at radius 1 is 0.843 bits per heavy atom. The van der Waals surface area contributed by atoms with E-state index in [0.29, 0.717) is 27.3 Å². The molecule has 0 aliphatic heterocycles. The largest absolute Gasteiger partial charge is 0.492 e. The second-order valence-electron chi connectivity index (χ2n) is 13.0. The van der Waals surface area contributed by atoms with Crippen molar-refractivity contribution in [2.24, 2.45) is 0 Å². The van der Waals surface area contributed by atoms with Gasteiger partial charge in [0.05, 0.1) is 30.9 Å². The summed E-state index contributed by atoms with van der Waals surface area (Å²) in [7, 11) is -5.19. The monoisotopic (exact) mass is 724 g/mol. The van der Waals surface area contributed by atoms with Gasteiger partial charge >= 0.3 is 5.97 Å². The Morgan fingerprint density at radius 3 is 2.08 bits per heavy atom. The number of aryl methyl sites for hydroxylation is 1. The summed E-state index contributed by atoms with van der Waals surface area (Å²) in [6.45, 7) is 1.95. The first-order valence-corrected chi connectivity index (χ1v) is 18.0. The number of benzene rings is 4. The van der Waals surface area contributed by atoms with Crippen LogP contribution in [-0.4, -0.2) is 42.9 Å². The van der Waals surface area contributed by atoms with E-state index in [4.69, 9.17) is 4.74 Å². The predicted molar refractivity (Wildman–Crippen MR) is 181 cm³/mol. The third-order valence-corrected chi connectivity index (χ3v) is 11.0. The van der Waals surface area contributed by atoms with Crippen LogP contribution in [0.5, 0.6) is 5.75 Å². The highest BCUT2D eigenvalue weighted by Gasteiger charge is 2.36. The Labute approximate surface area is 293 Å². The minimum Gasteiger partial charge on any atom is -0.492 e. The van der Waals surface area contributed by atoms with Crippen LogP contribution in [0, 0.1) is 30.2 Å². The molecule has 0 spiro atoms. The van der Waals surface area contributed by atoms with Crippen molar-refractivity contribution in [2.75, 3.05) is 18.1 Å². The molecule has 4 aromatic carbocycles. The molecule has 0 unspecified atom stereocenters. The summed E-state index contributed by atoms with van der Waals surface area (Å²) in [5, 5.41) is 9.67. The molecule has 0 saturated heterocycles. The van der Waals surface area contributed by atoms with Crippen LogP contribution in [0.1, 0.15) is 82.6 Å². The summed E-state index contributed by atoms with van der Waals surface area (Å²) in [5.74, 6) is -9.76. The zero-order chi connectivity index (χ0) is 36.6. The standard InChI is InChI=1S/C38H36F4N2O6S/c1-3-50-32-17-26(38(46)47)12-13-31(32)44(19-23-14-28(24-8-9-24)16-29(15-23)25-10-11-25)34(45)21-43(20-27-7-5-4-6-22(27)2)51(48,49)33-18-30(39)35(40)37(42)36(33)41/h4-7,12-18,24-25H,3,8-11,19-21H2,1-2H3,(H,46,47). The maximum atomic E-state index is 15.1. The van der Waals surface area contributed by atoms with Gasteiger partial charge in [0.25, 0.3) is 0 Å². The second kappa shape index (κ2) is 14.5. The summed E-state index contributed by atoms with van der Waals surface area (Å²) in [6, 6.07) is 16.8. The van der Waals surface area contributed by atoms with E-state index >= 15 is 4.39 Å². The Morgan fingerprint density at radius 2 is 1.49 bits per heavy atom. The molecule has 51 heavy (non-hydrogen) atoms. The van der Waals surface area contributed by atoms with Crippen LogP contribution in [-0.2, 0) is 27.9 Å². The minimum atomic E-state index is -5.19. The quantitative estimate of drug-likeness (QED) is 0.0808. The molecule has 0 atom stereocenters. The molecule has 1 N–H and O–H groups in total. The maximum Gasteiger partial charge on any atom is 0.335 e. The molecule has 0 radical (unpaired) electrons. The molecule has 1 amide bonds. The number of carbonyl (C=O) groups is 2. The first-order valence-electron chi connectivity index (χ1n) is 16.6. The lowest BCUT2D eigenvalue weighted by molar-refractivity contribution is -0.119. The molecular formula is C38H36F4N2O6S. The van der Waals surface area contributed by atoms with E-state index in [1.807, 2.05) is 12.1 Å². The predicted octanol–water partition coefficient (Wildman–Crippen LogP) is 7.83. The summed E-state index contributed by atoms with van der Waals surface area (Å²) in [4.78, 5) is 26.2. The van der Waals surface area contributed by atoms with Gasteiger partial charge in [0.15, 0.2) is 23.3 Å². The topological polar surface area (TPSA) is 104 Å². The fourth-order valence-electron chi connectivity index (χ4n) is 6.09. The fraction of sp³-hybridized carbons (Fsp3) is 0.316. The maximum absolute atomic E-state index is 15.1. The highest BCUT2D eigenvalue weighted by molar-refractivity contribution is 7.89. The zero-order valence-corrected chi connectivity index (χ0v) is 28.8. The molecule has 0 heterocycles. The van der Waals surface area contributed by atoms with E-state index in [-0.39, 0.29) is 36.2 Å². The lowest BCUT2D eigenvalue weighted by atomic mass is 9.99. The number of aromatic carboxylic acids is 1. The van der Waals surface area contributed by atoms with E-state index in [1.165, 1.54) is 23.1 Å². The molecule has 4 aromatic rings. The number of hydrogen-bond acceptors (Lipinski definition) is 5. The number of hydrogen-bond donors (Lipinski definition) is 1. The van der Waals surface area contributed by atoms with Crippen molar-refractivity contribution >= 4 is 27.6 Å². The number of anilines is 1. The van der Waals surface area contributed by atoms with Gasteiger partial charge in [0.2, 0.25) is 15.9 Å². The SMILES string of the molecule is CCOc1cc(C(=O)O)ccc1N(Cc1cc(C2CC2)cc(C2CC2)c1)C(=O)CN(Cc1ccccc1C)S(=O)(=O)c1cc(F)c(F)c(F)c1F. The van der Waals surface area contributed by atoms with Crippen molar-refractivity contribution < 1.29 is 45.4 Å². The van der Waals surface area contributed by atoms with E-state index in [9.17, 15) is 36.3 Å². The van der Waals surface area contributed by atoms with Crippen LogP contribution in [0.25, 0.3) is 0 Å². The highest BCUT2D eigenvalue weighted by atomic mass is 32.2. The normalized spacial score (nSPS) is 14.5. The average molecular weight is 725 g/mol. The molecule has 2 saturated carbocycles. The number of amides is 1. The van der Waals surface area contributed by atoms with Crippen molar-refractivity contribution in [3.05, 3.63) is 123 Å². The van der Waals surface area contributed by atoms with Gasteiger partial charge in [-0.15, -0.1) is 0 Å². The Kier molecular flexibility index (Phi) is 10.2. The smallest absolute Gasteiger partial charge is 0.335 e. The van der Waals surface area contributed by atoms with E-state index in [1.54, 1.807) is 38.1 Å². The summed E-state index contributed by atoms with van der Waals surface area (Å²) >= 11 is 0. The van der Waals surface area contributed by atoms with Gasteiger partial charge < -0.3 is 14.7 Å². The molecule has 6 rings (SSSR count). The third-order valence-electron chi connectivity index (χ3n) is 9.18. The number of halogens is 4. The van der Waals surface area contributed by atoms with Crippen molar-refractivity contribution in [2.45, 2.75) is 69.4 Å². The fourth-order valence-corrected chi connectivity index (χ4v) is 7.53. The molecule has 2 aliphatic carbocycles. The number of nitrogens with zero attached hydrogens (tertiary/aromatic N) is 2. The van der Waals surface area contributed by atoms with Crippen LogP contribution in [0.4, 0.5) is 23.2 Å². The van der Waals surface area contributed by atoms with Crippen LogP contribution in [0.15, 0.2) is 71.6 Å². The molecule has 2 fully saturated rings. The van der Waals surface area contributed by atoms with E-state index < -0.39 is 63.2 Å². The van der Waals surface area contributed by atoms with Gasteiger partial charge in [-0.1, -0.05) is 42.5 Å². The van der Waals surface area contributed by atoms with Crippen molar-refractivity contribution in [3.63, 3.8) is 0 Å². The van der Waals surface area contributed by atoms with Gasteiger partial charge in [-0.05, 0) is 97.4 Å². The number of ether oxygens (including phenoxy) is 1. The van der Waals surface area contributed by atoms with Crippen LogP contribution in [0.2, 0.25) is 0 Å². The minimum absolute atomic E-state index is 0.0496. The number of carboxylic acids is 1. The van der Waals surface area contributed by atoms with Crippen LogP contribution in [0.3, 0.4) is 0 Å². The second-order valence-corrected chi connectivity index (χ2v) is 14.9. The summed E-state index contributed by atoms with van der Waals surface area (Å²) in [6.07, 6.45) is 4.14. The van der Waals surface area contributed by atoms with Gasteiger partial charge in [-0.3, -0.25) is 4.79 Å². The van der Waals surface area contributed by atoms with Crippen molar-refractivity contribution in [1.29, 1.82) is 0 Å². The van der Waals surface area contributed by atoms with Gasteiger partial charge in [-0.2, -0.15) is 4.31 Å². The number of carboxylic acid groups (broad SMARTS) is 1. The van der Waals surface area contributed by atoms with Gasteiger partial charge in [0, 0.05) is 12.6 Å². The van der Waals surface area contributed by atoms with Gasteiger partial charge in [-0.25, -0.2) is 30.8 Å². The molecule has 13 heteroatoms. The zero-order valence-electron chi connectivity index (χ0n) is 28.0. The third kappa shape index (κ3) is 7.79. The molecule has 0 bridgehead atoms. The van der Waals surface area contributed by atoms with E-state index in [2.05, 4.69) is 6.07 Å². The molecule has 8 nitrogen and oxygen atoms in total. The number of carbonyl (C=O) groups excluding carboxylic acids is 1. The Bertz CT molecular complexity index is 2090. The summed E-state index contributed by atoms with van der Waals surface area (Å²) in [5.41, 5.74) is 4.08. The Balaban J connectivity index is 1.46. The molecule has 0 aromatic heterocycles. The van der Waals surface area contributed by atoms with Gasteiger partial charge in [0.1, 0.15) is 10.6 Å². The lowest BCUT2D eigenvalue weighted by Gasteiger charge is -2.29. The highest BCUT2D eigenvalue weighted by Crippen LogP contribution is 2.45. The van der Waals surface area contributed by atoms with Crippen LogP contribution >= 0.6 is 0 Å². The number of rotatable bonds is 14. The van der Waals surface area contributed by atoms with E-state index in [0.717, 1.165) is 42.4 Å².